The molecule has 2 heterocycles. The third-order valence-electron chi connectivity index (χ3n) is 4.42. The van der Waals surface area contributed by atoms with E-state index < -0.39 is 17.2 Å². The molecular weight excluding hydrogens is 368 g/mol. The minimum Gasteiger partial charge on any atom is -0.444 e. The predicted octanol–water partition coefficient (Wildman–Crippen LogP) is 2.87. The molecule has 1 atom stereocenters. The van der Waals surface area contributed by atoms with Crippen LogP contribution in [-0.2, 0) is 4.74 Å². The van der Waals surface area contributed by atoms with Gasteiger partial charge in [0, 0.05) is 38.3 Å². The Kier molecular flexibility index (Phi) is 5.64. The molecule has 1 aromatic heterocycles. The Bertz CT molecular complexity index is 871. The molecule has 0 spiro atoms. The molecule has 7 nitrogen and oxygen atoms in total. The van der Waals surface area contributed by atoms with E-state index in [9.17, 15) is 13.6 Å². The van der Waals surface area contributed by atoms with E-state index >= 15 is 0 Å². The SMILES string of the molecule is CN1CCN(C(=O)OC(C)(C)C)C(CNc2cnc3cc(F)c(F)cc3n2)C1. The van der Waals surface area contributed by atoms with Crippen molar-refractivity contribution in [1.82, 2.24) is 19.8 Å². The number of piperazine rings is 1. The maximum Gasteiger partial charge on any atom is 0.410 e. The molecular formula is C19H25F2N5O2. The summed E-state index contributed by atoms with van der Waals surface area (Å²) in [6.45, 7) is 7.92. The molecule has 1 fully saturated rings. The molecule has 1 amide bonds. The number of rotatable bonds is 3. The molecule has 28 heavy (non-hydrogen) atoms. The largest absolute Gasteiger partial charge is 0.444 e. The Morgan fingerprint density at radius 2 is 1.93 bits per heavy atom. The van der Waals surface area contributed by atoms with Crippen LogP contribution in [0.4, 0.5) is 19.4 Å². The molecule has 2 aromatic rings. The zero-order chi connectivity index (χ0) is 20.5. The first-order valence-electron chi connectivity index (χ1n) is 9.16. The highest BCUT2D eigenvalue weighted by molar-refractivity contribution is 5.75. The van der Waals surface area contributed by atoms with Gasteiger partial charge in [0.1, 0.15) is 11.4 Å². The second kappa shape index (κ2) is 7.83. The fraction of sp³-hybridized carbons (Fsp3) is 0.526. The second-order valence-electron chi connectivity index (χ2n) is 7.98. The van der Waals surface area contributed by atoms with E-state index in [0.29, 0.717) is 25.5 Å². The van der Waals surface area contributed by atoms with Crippen molar-refractivity contribution in [3.05, 3.63) is 30.0 Å². The van der Waals surface area contributed by atoms with Gasteiger partial charge in [0.15, 0.2) is 11.6 Å². The van der Waals surface area contributed by atoms with Crippen molar-refractivity contribution in [3.63, 3.8) is 0 Å². The number of nitrogens with one attached hydrogen (secondary N) is 1. The van der Waals surface area contributed by atoms with E-state index in [4.69, 9.17) is 4.74 Å². The molecule has 1 saturated heterocycles. The van der Waals surface area contributed by atoms with Crippen LogP contribution in [-0.4, -0.2) is 70.7 Å². The standard InChI is InChI=1S/C19H25F2N5O2/c1-19(2,3)28-18(27)26-6-5-25(4)11-12(26)9-23-17-10-22-15-7-13(20)14(21)8-16(15)24-17/h7-8,10,12H,5-6,9,11H2,1-4H3,(H,23,24). The van der Waals surface area contributed by atoms with Gasteiger partial charge in [0.25, 0.3) is 0 Å². The van der Waals surface area contributed by atoms with E-state index in [-0.39, 0.29) is 23.2 Å². The van der Waals surface area contributed by atoms with E-state index in [2.05, 4.69) is 20.2 Å². The topological polar surface area (TPSA) is 70.6 Å². The van der Waals surface area contributed by atoms with Crippen LogP contribution in [0.5, 0.6) is 0 Å². The quantitative estimate of drug-likeness (QED) is 0.865. The Labute approximate surface area is 162 Å². The fourth-order valence-electron chi connectivity index (χ4n) is 3.06. The number of halogens is 2. The molecule has 1 aliphatic heterocycles. The Morgan fingerprint density at radius 3 is 2.61 bits per heavy atom. The van der Waals surface area contributed by atoms with Crippen LogP contribution >= 0.6 is 0 Å². The minimum absolute atomic E-state index is 0.129. The van der Waals surface area contributed by atoms with Gasteiger partial charge in [-0.1, -0.05) is 0 Å². The average molecular weight is 393 g/mol. The molecule has 0 radical (unpaired) electrons. The molecule has 1 N–H and O–H groups in total. The van der Waals surface area contributed by atoms with E-state index in [1.807, 2.05) is 27.8 Å². The first-order chi connectivity index (χ1) is 13.1. The fourth-order valence-corrected chi connectivity index (χ4v) is 3.06. The van der Waals surface area contributed by atoms with Gasteiger partial charge in [0.2, 0.25) is 0 Å². The van der Waals surface area contributed by atoms with Crippen LogP contribution in [0.15, 0.2) is 18.3 Å². The first kappa shape index (κ1) is 20.2. The number of likely N-dealkylation sites (N-methyl/N-ethyl adjacent to an activating group) is 1. The molecule has 3 rings (SSSR count). The maximum absolute atomic E-state index is 13.4. The number of carbonyl (C=O) groups excluding carboxylic acids is 1. The van der Waals surface area contributed by atoms with Crippen LogP contribution < -0.4 is 5.32 Å². The van der Waals surface area contributed by atoms with Gasteiger partial charge < -0.3 is 19.9 Å². The van der Waals surface area contributed by atoms with Crippen LogP contribution in [0.1, 0.15) is 20.8 Å². The number of carbonyl (C=O) groups is 1. The van der Waals surface area contributed by atoms with Crippen molar-refractivity contribution in [2.75, 3.05) is 38.5 Å². The van der Waals surface area contributed by atoms with Crippen molar-refractivity contribution in [2.24, 2.45) is 0 Å². The number of amides is 1. The molecule has 0 aliphatic carbocycles. The molecule has 152 valence electrons. The number of hydrogen-bond acceptors (Lipinski definition) is 6. The van der Waals surface area contributed by atoms with Crippen molar-refractivity contribution in [3.8, 4) is 0 Å². The Hall–Kier alpha value is -2.55. The lowest BCUT2D eigenvalue weighted by molar-refractivity contribution is 0.00345. The lowest BCUT2D eigenvalue weighted by Gasteiger charge is -2.40. The van der Waals surface area contributed by atoms with Gasteiger partial charge >= 0.3 is 6.09 Å². The van der Waals surface area contributed by atoms with Crippen LogP contribution in [0.2, 0.25) is 0 Å². The highest BCUT2D eigenvalue weighted by Gasteiger charge is 2.32. The molecule has 9 heteroatoms. The van der Waals surface area contributed by atoms with Gasteiger partial charge in [-0.25, -0.2) is 18.6 Å². The predicted molar refractivity (Wildman–Crippen MR) is 102 cm³/mol. The molecule has 1 unspecified atom stereocenters. The normalized spacial score (nSPS) is 18.4. The third kappa shape index (κ3) is 4.83. The summed E-state index contributed by atoms with van der Waals surface area (Å²) in [5.74, 6) is -1.50. The second-order valence-corrected chi connectivity index (χ2v) is 7.98. The zero-order valence-electron chi connectivity index (χ0n) is 16.5. The number of hydrogen-bond donors (Lipinski definition) is 1. The monoisotopic (exact) mass is 393 g/mol. The Morgan fingerprint density at radius 1 is 1.25 bits per heavy atom. The van der Waals surface area contributed by atoms with Gasteiger partial charge in [0.05, 0.1) is 23.3 Å². The smallest absolute Gasteiger partial charge is 0.410 e. The van der Waals surface area contributed by atoms with Crippen molar-refractivity contribution >= 4 is 22.9 Å². The molecule has 1 aromatic carbocycles. The van der Waals surface area contributed by atoms with Crippen molar-refractivity contribution in [1.29, 1.82) is 0 Å². The number of fused-ring (bicyclic) bond motifs is 1. The Balaban J connectivity index is 1.72. The summed E-state index contributed by atoms with van der Waals surface area (Å²) < 4.78 is 32.3. The van der Waals surface area contributed by atoms with Gasteiger partial charge in [-0.3, -0.25) is 4.98 Å². The van der Waals surface area contributed by atoms with Gasteiger partial charge in [-0.2, -0.15) is 0 Å². The van der Waals surface area contributed by atoms with Crippen LogP contribution in [0.3, 0.4) is 0 Å². The highest BCUT2D eigenvalue weighted by Crippen LogP contribution is 2.18. The number of benzene rings is 1. The number of aromatic nitrogens is 2. The number of ether oxygens (including phenoxy) is 1. The van der Waals surface area contributed by atoms with E-state index in [1.165, 1.54) is 6.20 Å². The van der Waals surface area contributed by atoms with Gasteiger partial charge in [-0.15, -0.1) is 0 Å². The third-order valence-corrected chi connectivity index (χ3v) is 4.42. The maximum atomic E-state index is 13.4. The van der Waals surface area contributed by atoms with Gasteiger partial charge in [-0.05, 0) is 27.8 Å². The summed E-state index contributed by atoms with van der Waals surface area (Å²) in [6.07, 6.45) is 1.11. The van der Waals surface area contributed by atoms with Crippen molar-refractivity contribution in [2.45, 2.75) is 32.4 Å². The van der Waals surface area contributed by atoms with Crippen LogP contribution in [0, 0.1) is 11.6 Å². The minimum atomic E-state index is -0.969. The summed E-state index contributed by atoms with van der Waals surface area (Å²) in [5.41, 5.74) is -0.0346. The summed E-state index contributed by atoms with van der Waals surface area (Å²) in [5, 5.41) is 3.14. The molecule has 0 bridgehead atoms. The van der Waals surface area contributed by atoms with E-state index in [1.54, 1.807) is 4.90 Å². The summed E-state index contributed by atoms with van der Waals surface area (Å²) in [4.78, 5) is 24.8. The summed E-state index contributed by atoms with van der Waals surface area (Å²) in [6, 6.07) is 1.91. The first-order valence-corrected chi connectivity index (χ1v) is 9.16. The lowest BCUT2D eigenvalue weighted by atomic mass is 10.1. The number of nitrogens with zero attached hydrogens (tertiary/aromatic N) is 4. The average Bonchev–Trinajstić information content (AvgIpc) is 2.59. The van der Waals surface area contributed by atoms with E-state index in [0.717, 1.165) is 18.7 Å². The summed E-state index contributed by atoms with van der Waals surface area (Å²) >= 11 is 0. The summed E-state index contributed by atoms with van der Waals surface area (Å²) in [7, 11) is 1.99. The highest BCUT2D eigenvalue weighted by atomic mass is 19.2. The van der Waals surface area contributed by atoms with Crippen LogP contribution in [0.25, 0.3) is 11.0 Å². The number of anilines is 1. The zero-order valence-corrected chi connectivity index (χ0v) is 16.5. The van der Waals surface area contributed by atoms with Crippen molar-refractivity contribution < 1.29 is 18.3 Å². The molecule has 0 saturated carbocycles. The molecule has 1 aliphatic rings. The lowest BCUT2D eigenvalue weighted by Crippen LogP contribution is -2.57.